The van der Waals surface area contributed by atoms with E-state index < -0.39 is 0 Å². The van der Waals surface area contributed by atoms with E-state index >= 15 is 0 Å². The number of nitrogens with zero attached hydrogens (tertiary/aromatic N) is 3. The zero-order chi connectivity index (χ0) is 27.5. The third-order valence-corrected chi connectivity index (χ3v) is 7.46. The van der Waals surface area contributed by atoms with Gasteiger partial charge in [-0.3, -0.25) is 4.79 Å². The molecule has 1 atom stereocenters. The van der Waals surface area contributed by atoms with Crippen molar-refractivity contribution in [2.24, 2.45) is 4.99 Å². The van der Waals surface area contributed by atoms with E-state index in [-0.39, 0.29) is 50.4 Å². The van der Waals surface area contributed by atoms with Crippen molar-refractivity contribution in [1.29, 1.82) is 5.26 Å². The van der Waals surface area contributed by atoms with Crippen molar-refractivity contribution in [3.05, 3.63) is 86.7 Å². The molecule has 2 aromatic rings. The minimum absolute atomic E-state index is 0. The normalized spacial score (nSPS) is 16.7. The number of rotatable bonds is 9. The Bertz CT molecular complexity index is 1440. The van der Waals surface area contributed by atoms with E-state index in [1.54, 1.807) is 23.6 Å². The van der Waals surface area contributed by atoms with Crippen molar-refractivity contribution < 1.29 is 40.6 Å². The Hall–Kier alpha value is -2.55. The monoisotopic (exact) mass is 780 g/mol. The Morgan fingerprint density at radius 3 is 2.80 bits per heavy atom. The Balaban J connectivity index is 0.00000400. The maximum atomic E-state index is 13.0. The Morgan fingerprint density at radius 1 is 1.38 bits per heavy atom. The summed E-state index contributed by atoms with van der Waals surface area (Å²) in [6, 6.07) is 7.76. The summed E-state index contributed by atoms with van der Waals surface area (Å²) in [5.74, 6) is -0.525. The van der Waals surface area contributed by atoms with E-state index in [1.165, 1.54) is 5.57 Å². The molecule has 40 heavy (non-hydrogen) atoms. The summed E-state index contributed by atoms with van der Waals surface area (Å²) in [5.41, 5.74) is 5.60. The first-order chi connectivity index (χ1) is 18.4. The van der Waals surface area contributed by atoms with Gasteiger partial charge in [0.25, 0.3) is 5.91 Å². The van der Waals surface area contributed by atoms with Crippen LogP contribution in [0.2, 0.25) is 0 Å². The number of nitriles is 1. The van der Waals surface area contributed by atoms with E-state index in [1.807, 2.05) is 38.3 Å². The molecule has 1 aliphatic heterocycles. The maximum absolute atomic E-state index is 13.0. The van der Waals surface area contributed by atoms with E-state index in [0.717, 1.165) is 50.0 Å². The molecule has 8 heteroatoms. The zero-order valence-corrected chi connectivity index (χ0v) is 29.3. The van der Waals surface area contributed by atoms with Gasteiger partial charge >= 0.3 is 31.1 Å². The molecule has 2 heterocycles. The Morgan fingerprint density at radius 2 is 2.15 bits per heavy atom. The third-order valence-electron chi connectivity index (χ3n) is 6.29. The number of hydrogen-bond donors (Lipinski definition) is 1. The number of carbonyl (C=O) groups is 1. The first-order valence-corrected chi connectivity index (χ1v) is 13.7. The number of benzene rings is 1. The first kappa shape index (κ1) is 35.5. The molecule has 6 nitrogen and oxygen atoms in total. The second-order valence-corrected chi connectivity index (χ2v) is 9.96. The van der Waals surface area contributed by atoms with Crippen molar-refractivity contribution in [1.82, 2.24) is 10.3 Å². The molecule has 0 saturated carbocycles. The number of hydrogen-bond acceptors (Lipinski definition) is 6. The molecular weight excluding hydrogens is 742 g/mol. The van der Waals surface area contributed by atoms with Crippen LogP contribution in [0.4, 0.5) is 0 Å². The van der Waals surface area contributed by atoms with Crippen LogP contribution >= 0.6 is 11.3 Å². The van der Waals surface area contributed by atoms with Crippen molar-refractivity contribution in [3.8, 4) is 6.07 Å². The molecule has 1 aromatic carbocycles. The average Bonchev–Trinajstić information content (AvgIpc) is 3.35. The number of nitrogens with one attached hydrogen (secondary N) is 1. The molecular formula is C32H38N4O2SU. The van der Waals surface area contributed by atoms with Crippen LogP contribution in [0.3, 0.4) is 0 Å². The maximum Gasteiger partial charge on any atom is 2.00 e. The van der Waals surface area contributed by atoms with Crippen molar-refractivity contribution in [2.75, 3.05) is 13.2 Å². The van der Waals surface area contributed by atoms with Crippen LogP contribution in [0.5, 0.6) is 0 Å². The molecule has 3 rings (SSSR count). The van der Waals surface area contributed by atoms with Gasteiger partial charge in [-0.1, -0.05) is 37.6 Å². The number of aromatic nitrogens is 1. The molecule has 1 aliphatic rings. The standard InChI is InChI=1S/C31H35N4O2S.CH3.U/c1-6-10-22(17-34-30(36)23-11-12-24-19-37-20-25(16-32)26(24)15-23)14-28-29(9-4)38-31(35-28)27(21(5)8-3)18-33-13-7-2;;/h9-15,18,25H,6,8,17,19-20H2,1-5H3,(H,34,36);1H3;/q2*-1;+2/b22-10-,27-21?,28-14+,29-9+,33-18?;;. The van der Waals surface area contributed by atoms with Crippen LogP contribution < -0.4 is 15.2 Å². The first-order valence-electron chi connectivity index (χ1n) is 12.9. The summed E-state index contributed by atoms with van der Waals surface area (Å²) in [7, 11) is 0. The molecule has 208 valence electrons. The summed E-state index contributed by atoms with van der Waals surface area (Å²) in [6.45, 7) is 11.3. The van der Waals surface area contributed by atoms with Crippen LogP contribution in [-0.2, 0) is 11.3 Å². The summed E-state index contributed by atoms with van der Waals surface area (Å²) in [5, 5.41) is 14.3. The largest absolute Gasteiger partial charge is 2.00 e. The summed E-state index contributed by atoms with van der Waals surface area (Å²) in [6.07, 6.45) is 14.4. The van der Waals surface area contributed by atoms with Gasteiger partial charge in [-0.2, -0.15) is 18.4 Å². The molecule has 0 aliphatic carbocycles. The van der Waals surface area contributed by atoms with Crippen molar-refractivity contribution in [2.45, 2.75) is 60.0 Å². The molecule has 0 radical (unpaired) electrons. The molecule has 0 fully saturated rings. The number of allylic oxidation sites excluding steroid dienone is 4. The molecule has 1 unspecified atom stereocenters. The van der Waals surface area contributed by atoms with Crippen molar-refractivity contribution in [3.63, 3.8) is 0 Å². The number of ether oxygens (including phenoxy) is 1. The third kappa shape index (κ3) is 9.25. The fourth-order valence-corrected chi connectivity index (χ4v) is 5.09. The second kappa shape index (κ2) is 18.0. The van der Waals surface area contributed by atoms with Crippen LogP contribution in [0.25, 0.3) is 17.7 Å². The zero-order valence-electron chi connectivity index (χ0n) is 24.3. The van der Waals surface area contributed by atoms with Gasteiger partial charge in [0, 0.05) is 23.9 Å². The molecule has 1 amide bonds. The number of fused-ring (bicyclic) bond motifs is 1. The summed E-state index contributed by atoms with van der Waals surface area (Å²) < 4.78 is 6.55. The second-order valence-electron chi connectivity index (χ2n) is 8.93. The minimum Gasteiger partial charge on any atom is -0.480 e. The topological polar surface area (TPSA) is 87.4 Å². The smallest absolute Gasteiger partial charge is 0.480 e. The average molecular weight is 781 g/mol. The van der Waals surface area contributed by atoms with Crippen LogP contribution in [0.1, 0.15) is 79.9 Å². The SMILES string of the molecule is C[C-]=CN=CC(=C(C)CC)c1nc(=C/C(=C/CC)CNC(=O)c2ccc3c(c2)C(C#N)COC3)/c(=C\C)s1.[CH3-].[U+2]. The Kier molecular flexibility index (Phi) is 16.0. The fourth-order valence-electron chi connectivity index (χ4n) is 4.07. The molecule has 0 saturated heterocycles. The van der Waals surface area contributed by atoms with Gasteiger partial charge in [-0.25, -0.2) is 4.98 Å². The van der Waals surface area contributed by atoms with Gasteiger partial charge in [0.1, 0.15) is 5.01 Å². The molecule has 1 aromatic heterocycles. The van der Waals surface area contributed by atoms with E-state index in [4.69, 9.17) is 9.72 Å². The van der Waals surface area contributed by atoms with Gasteiger partial charge < -0.3 is 28.5 Å². The predicted octanol–water partition coefficient (Wildman–Crippen LogP) is 5.67. The van der Waals surface area contributed by atoms with Crippen LogP contribution in [-0.4, -0.2) is 30.3 Å². The number of carbonyl (C=O) groups excluding carboxylic acids is 1. The fraction of sp³-hybridized carbons (Fsp3) is 0.344. The van der Waals surface area contributed by atoms with Gasteiger partial charge in [0.2, 0.25) is 0 Å². The summed E-state index contributed by atoms with van der Waals surface area (Å²) in [4.78, 5) is 22.3. The van der Waals surface area contributed by atoms with Crippen LogP contribution in [0.15, 0.2) is 46.6 Å². The predicted molar refractivity (Wildman–Crippen MR) is 162 cm³/mol. The van der Waals surface area contributed by atoms with Crippen molar-refractivity contribution >= 4 is 41.2 Å². The van der Waals surface area contributed by atoms with E-state index in [0.29, 0.717) is 25.3 Å². The number of thiazole rings is 1. The number of amides is 1. The molecule has 1 N–H and O–H groups in total. The van der Waals surface area contributed by atoms with Gasteiger partial charge in [0.15, 0.2) is 0 Å². The minimum atomic E-state index is -0.352. The van der Waals surface area contributed by atoms with Gasteiger partial charge in [0.05, 0.1) is 35.1 Å². The van der Waals surface area contributed by atoms with E-state index in [2.05, 4.69) is 55.4 Å². The van der Waals surface area contributed by atoms with E-state index in [9.17, 15) is 10.1 Å². The van der Waals surface area contributed by atoms with Crippen LogP contribution in [0, 0.1) is 55.9 Å². The van der Waals surface area contributed by atoms with Gasteiger partial charge in [-0.05, 0) is 61.6 Å². The van der Waals surface area contributed by atoms with Gasteiger partial charge in [-0.15, -0.1) is 11.3 Å². The quantitative estimate of drug-likeness (QED) is 0.263. The molecule has 0 spiro atoms. The summed E-state index contributed by atoms with van der Waals surface area (Å²) >= 11 is 1.63. The Labute approximate surface area is 266 Å². The molecule has 0 bridgehead atoms. The number of aliphatic imine (C=N–C) groups is 1.